The average molecular weight is 453 g/mol. The van der Waals surface area contributed by atoms with E-state index in [0.29, 0.717) is 6.42 Å². The standard InChI is InChI=1S/C21H28N2O5S2/c1-17-9-10-20(15-18(17)2)30(27,28)23-13-11-21(24)22-12-6-14-29(25,26)16-19-7-4-3-5-8-19/h3-5,7-10,15,23H,6,11-14,16H2,1-2H3,(H,22,24). The number of carbonyl (C=O) groups is 1. The second kappa shape index (κ2) is 10.7. The van der Waals surface area contributed by atoms with Gasteiger partial charge in [0.25, 0.3) is 0 Å². The lowest BCUT2D eigenvalue weighted by atomic mass is 10.1. The summed E-state index contributed by atoms with van der Waals surface area (Å²) in [6.45, 7) is 3.92. The number of nitrogens with one attached hydrogen (secondary N) is 2. The monoisotopic (exact) mass is 452 g/mol. The van der Waals surface area contributed by atoms with E-state index in [2.05, 4.69) is 10.0 Å². The van der Waals surface area contributed by atoms with Crippen molar-refractivity contribution >= 4 is 25.8 Å². The Morgan fingerprint density at radius 2 is 1.60 bits per heavy atom. The lowest BCUT2D eigenvalue weighted by Gasteiger charge is -2.09. The van der Waals surface area contributed by atoms with Crippen molar-refractivity contribution in [3.63, 3.8) is 0 Å². The van der Waals surface area contributed by atoms with E-state index in [0.717, 1.165) is 16.7 Å². The molecule has 0 bridgehead atoms. The van der Waals surface area contributed by atoms with Crippen LogP contribution in [0.4, 0.5) is 0 Å². The summed E-state index contributed by atoms with van der Waals surface area (Å²) >= 11 is 0. The highest BCUT2D eigenvalue weighted by Crippen LogP contribution is 2.14. The van der Waals surface area contributed by atoms with Gasteiger partial charge in [-0.3, -0.25) is 4.79 Å². The van der Waals surface area contributed by atoms with Crippen LogP contribution in [0.15, 0.2) is 53.4 Å². The molecule has 0 aliphatic rings. The number of rotatable bonds is 11. The zero-order valence-corrected chi connectivity index (χ0v) is 18.9. The minimum atomic E-state index is -3.68. The Hall–Kier alpha value is -2.23. The molecule has 2 rings (SSSR count). The maximum Gasteiger partial charge on any atom is 0.240 e. The Morgan fingerprint density at radius 3 is 2.27 bits per heavy atom. The molecule has 164 valence electrons. The van der Waals surface area contributed by atoms with Crippen molar-refractivity contribution in [2.24, 2.45) is 0 Å². The highest BCUT2D eigenvalue weighted by atomic mass is 32.2. The maximum atomic E-state index is 12.3. The van der Waals surface area contributed by atoms with E-state index in [-0.39, 0.29) is 41.8 Å². The van der Waals surface area contributed by atoms with Gasteiger partial charge in [0.1, 0.15) is 0 Å². The van der Waals surface area contributed by atoms with E-state index in [9.17, 15) is 21.6 Å². The van der Waals surface area contributed by atoms with Gasteiger partial charge in [0, 0.05) is 19.5 Å². The molecule has 0 spiro atoms. The van der Waals surface area contributed by atoms with Crippen LogP contribution in [0.2, 0.25) is 0 Å². The van der Waals surface area contributed by atoms with E-state index in [4.69, 9.17) is 0 Å². The van der Waals surface area contributed by atoms with Gasteiger partial charge in [0.15, 0.2) is 9.84 Å². The summed E-state index contributed by atoms with van der Waals surface area (Å²) in [5, 5.41) is 2.62. The van der Waals surface area contributed by atoms with Crippen molar-refractivity contribution in [2.45, 2.75) is 37.3 Å². The molecule has 0 saturated heterocycles. The third-order valence-corrected chi connectivity index (χ3v) is 7.76. The second-order valence-corrected chi connectivity index (χ2v) is 11.1. The van der Waals surface area contributed by atoms with Crippen LogP contribution in [0.1, 0.15) is 29.5 Å². The van der Waals surface area contributed by atoms with Crippen LogP contribution in [0.5, 0.6) is 0 Å². The van der Waals surface area contributed by atoms with Crippen LogP contribution in [-0.4, -0.2) is 41.6 Å². The zero-order chi connectivity index (χ0) is 22.2. The van der Waals surface area contributed by atoms with Crippen LogP contribution in [0.25, 0.3) is 0 Å². The molecule has 7 nitrogen and oxygen atoms in total. The number of sulfone groups is 1. The fraction of sp³-hybridized carbons (Fsp3) is 0.381. The first-order valence-electron chi connectivity index (χ1n) is 9.67. The van der Waals surface area contributed by atoms with Gasteiger partial charge in [-0.1, -0.05) is 36.4 Å². The summed E-state index contributed by atoms with van der Waals surface area (Å²) < 4.78 is 51.2. The third-order valence-electron chi connectivity index (χ3n) is 4.62. The molecule has 2 aromatic rings. The van der Waals surface area contributed by atoms with Gasteiger partial charge in [-0.05, 0) is 49.1 Å². The number of benzene rings is 2. The molecule has 0 aliphatic heterocycles. The highest BCUT2D eigenvalue weighted by molar-refractivity contribution is 7.90. The first-order chi connectivity index (χ1) is 14.1. The molecular formula is C21H28N2O5S2. The molecule has 0 saturated carbocycles. The van der Waals surface area contributed by atoms with Crippen LogP contribution in [-0.2, 0) is 30.4 Å². The minimum Gasteiger partial charge on any atom is -0.356 e. The predicted octanol–water partition coefficient (Wildman–Crippen LogP) is 2.09. The molecule has 0 heterocycles. The fourth-order valence-corrected chi connectivity index (χ4v) is 5.32. The van der Waals surface area contributed by atoms with Crippen molar-refractivity contribution in [1.29, 1.82) is 0 Å². The second-order valence-electron chi connectivity index (χ2n) is 7.17. The number of amides is 1. The van der Waals surface area contributed by atoms with Crippen LogP contribution < -0.4 is 10.0 Å². The van der Waals surface area contributed by atoms with Gasteiger partial charge in [-0.25, -0.2) is 21.6 Å². The molecule has 2 aromatic carbocycles. The molecule has 9 heteroatoms. The topological polar surface area (TPSA) is 109 Å². The molecule has 0 aliphatic carbocycles. The summed E-state index contributed by atoms with van der Waals surface area (Å²) in [5.41, 5.74) is 2.61. The Labute approximate surface area is 178 Å². The number of hydrogen-bond donors (Lipinski definition) is 2. The van der Waals surface area contributed by atoms with Gasteiger partial charge in [-0.15, -0.1) is 0 Å². The van der Waals surface area contributed by atoms with Crippen LogP contribution >= 0.6 is 0 Å². The lowest BCUT2D eigenvalue weighted by Crippen LogP contribution is -2.31. The van der Waals surface area contributed by atoms with Crippen molar-refractivity contribution in [1.82, 2.24) is 10.0 Å². The first kappa shape index (κ1) is 24.0. The maximum absolute atomic E-state index is 12.3. The van der Waals surface area contributed by atoms with E-state index in [1.54, 1.807) is 36.4 Å². The molecule has 0 fully saturated rings. The van der Waals surface area contributed by atoms with Crippen molar-refractivity contribution < 1.29 is 21.6 Å². The van der Waals surface area contributed by atoms with Gasteiger partial charge in [-0.2, -0.15) is 0 Å². The van der Waals surface area contributed by atoms with E-state index >= 15 is 0 Å². The van der Waals surface area contributed by atoms with Crippen molar-refractivity contribution in [3.05, 3.63) is 65.2 Å². The summed E-state index contributed by atoms with van der Waals surface area (Å²) in [4.78, 5) is 12.0. The molecule has 30 heavy (non-hydrogen) atoms. The molecule has 0 unspecified atom stereocenters. The Bertz CT molecular complexity index is 1070. The Balaban J connectivity index is 1.69. The zero-order valence-electron chi connectivity index (χ0n) is 17.2. The number of aryl methyl sites for hydroxylation is 2. The number of sulfonamides is 1. The van der Waals surface area contributed by atoms with E-state index in [1.165, 1.54) is 6.07 Å². The molecule has 0 radical (unpaired) electrons. The van der Waals surface area contributed by atoms with Gasteiger partial charge in [0.2, 0.25) is 15.9 Å². The smallest absolute Gasteiger partial charge is 0.240 e. The lowest BCUT2D eigenvalue weighted by molar-refractivity contribution is -0.120. The Kier molecular flexibility index (Phi) is 8.57. The average Bonchev–Trinajstić information content (AvgIpc) is 2.67. The van der Waals surface area contributed by atoms with Crippen LogP contribution in [0.3, 0.4) is 0 Å². The SMILES string of the molecule is Cc1ccc(S(=O)(=O)NCCC(=O)NCCCS(=O)(=O)Cc2ccccc2)cc1C. The highest BCUT2D eigenvalue weighted by Gasteiger charge is 2.15. The third kappa shape index (κ3) is 7.89. The largest absolute Gasteiger partial charge is 0.356 e. The normalized spacial score (nSPS) is 11.9. The fourth-order valence-electron chi connectivity index (χ4n) is 2.77. The van der Waals surface area contributed by atoms with Crippen molar-refractivity contribution in [3.8, 4) is 0 Å². The molecular weight excluding hydrogens is 424 g/mol. The Morgan fingerprint density at radius 1 is 0.900 bits per heavy atom. The van der Waals surface area contributed by atoms with Gasteiger partial charge in [0.05, 0.1) is 16.4 Å². The number of hydrogen-bond acceptors (Lipinski definition) is 5. The van der Waals surface area contributed by atoms with Crippen LogP contribution in [0, 0.1) is 13.8 Å². The van der Waals surface area contributed by atoms with Gasteiger partial charge >= 0.3 is 0 Å². The van der Waals surface area contributed by atoms with E-state index in [1.807, 2.05) is 19.9 Å². The summed E-state index contributed by atoms with van der Waals surface area (Å²) in [6, 6.07) is 13.8. The van der Waals surface area contributed by atoms with Crippen molar-refractivity contribution in [2.75, 3.05) is 18.8 Å². The summed E-state index contributed by atoms with van der Waals surface area (Å²) in [5.74, 6) is -0.387. The number of carbonyl (C=O) groups excluding carboxylic acids is 1. The molecule has 1 amide bonds. The summed E-state index contributed by atoms with van der Waals surface area (Å²) in [6.07, 6.45) is 0.274. The van der Waals surface area contributed by atoms with E-state index < -0.39 is 19.9 Å². The minimum absolute atomic E-state index is 0.0257. The van der Waals surface area contributed by atoms with Gasteiger partial charge < -0.3 is 5.32 Å². The predicted molar refractivity (Wildman–Crippen MR) is 117 cm³/mol. The summed E-state index contributed by atoms with van der Waals surface area (Å²) in [7, 11) is -6.93. The first-order valence-corrected chi connectivity index (χ1v) is 13.0. The molecule has 0 atom stereocenters. The molecule has 2 N–H and O–H groups in total. The molecule has 0 aromatic heterocycles. The quantitative estimate of drug-likeness (QED) is 0.508.